The fourth-order valence-corrected chi connectivity index (χ4v) is 2.53. The summed E-state index contributed by atoms with van der Waals surface area (Å²) in [6.45, 7) is 13.8. The van der Waals surface area contributed by atoms with Gasteiger partial charge in [-0.3, -0.25) is 0 Å². The van der Waals surface area contributed by atoms with E-state index in [9.17, 15) is 0 Å². The quantitative estimate of drug-likeness (QED) is 0.653. The molecule has 0 aromatic rings. The van der Waals surface area contributed by atoms with Crippen LogP contribution in [0.2, 0.25) is 0 Å². The highest BCUT2D eigenvalue weighted by Crippen LogP contribution is 2.38. The van der Waals surface area contributed by atoms with E-state index in [4.69, 9.17) is 0 Å². The molecule has 1 unspecified atom stereocenters. The van der Waals surface area contributed by atoms with Gasteiger partial charge in [0.1, 0.15) is 0 Å². The lowest BCUT2D eigenvalue weighted by Gasteiger charge is -2.34. The van der Waals surface area contributed by atoms with E-state index in [1.807, 2.05) is 0 Å². The lowest BCUT2D eigenvalue weighted by Crippen LogP contribution is -2.29. The number of hydrogen-bond acceptors (Lipinski definition) is 2. The van der Waals surface area contributed by atoms with Gasteiger partial charge in [0.2, 0.25) is 0 Å². The van der Waals surface area contributed by atoms with E-state index in [2.05, 4.69) is 65.9 Å². The van der Waals surface area contributed by atoms with Gasteiger partial charge < -0.3 is 0 Å². The largest absolute Gasteiger partial charge is 0.176 e. The van der Waals surface area contributed by atoms with Crippen LogP contribution < -0.4 is 0 Å². The summed E-state index contributed by atoms with van der Waals surface area (Å²) in [5.41, 5.74) is 0.333. The highest BCUT2D eigenvalue weighted by atomic mass is 32.2. The smallest absolute Gasteiger partial charge is 0.0126 e. The Hall–Kier alpha value is 0.700. The molecular formula is C12H26S2. The second-order valence-corrected chi connectivity index (χ2v) is 7.45. The lowest BCUT2D eigenvalue weighted by molar-refractivity contribution is 0.420. The van der Waals surface area contributed by atoms with Crippen LogP contribution in [0.25, 0.3) is 0 Å². The third kappa shape index (κ3) is 4.48. The summed E-state index contributed by atoms with van der Waals surface area (Å²) in [4.78, 5) is 0. The van der Waals surface area contributed by atoms with Gasteiger partial charge in [0.05, 0.1) is 0 Å². The van der Waals surface area contributed by atoms with Crippen molar-refractivity contribution in [1.82, 2.24) is 0 Å². The molecule has 0 aromatic heterocycles. The topological polar surface area (TPSA) is 0 Å². The highest BCUT2D eigenvalue weighted by Gasteiger charge is 2.28. The van der Waals surface area contributed by atoms with Gasteiger partial charge in [-0.2, -0.15) is 24.4 Å². The van der Waals surface area contributed by atoms with Crippen molar-refractivity contribution in [2.24, 2.45) is 5.41 Å². The van der Waals surface area contributed by atoms with Crippen LogP contribution in [0.5, 0.6) is 0 Å². The van der Waals surface area contributed by atoms with Gasteiger partial charge >= 0.3 is 0 Å². The molecule has 2 heteroatoms. The van der Waals surface area contributed by atoms with Crippen molar-refractivity contribution in [3.05, 3.63) is 0 Å². The van der Waals surface area contributed by atoms with Gasteiger partial charge in [-0.05, 0) is 24.0 Å². The molecule has 0 aliphatic carbocycles. The second-order valence-electron chi connectivity index (χ2n) is 5.11. The molecule has 0 fully saturated rings. The molecule has 0 N–H and O–H groups in total. The molecule has 0 amide bonds. The van der Waals surface area contributed by atoms with E-state index >= 15 is 0 Å². The molecule has 0 bridgehead atoms. The van der Waals surface area contributed by atoms with Gasteiger partial charge in [-0.15, -0.1) is 0 Å². The maximum atomic E-state index is 4.55. The molecule has 0 heterocycles. The Morgan fingerprint density at radius 1 is 1.14 bits per heavy atom. The molecule has 0 rings (SSSR count). The summed E-state index contributed by atoms with van der Waals surface area (Å²) < 4.78 is 0.458. The molecule has 0 saturated carbocycles. The van der Waals surface area contributed by atoms with Crippen LogP contribution in [-0.4, -0.2) is 15.7 Å². The predicted octanol–water partition coefficient (Wildman–Crippen LogP) is 4.64. The van der Waals surface area contributed by atoms with Crippen LogP contribution in [0.15, 0.2) is 0 Å². The highest BCUT2D eigenvalue weighted by molar-refractivity contribution is 8.00. The zero-order chi connectivity index (χ0) is 11.4. The number of hydrogen-bond donors (Lipinski definition) is 1. The SMILES string of the molecule is CCC(C)(CC)SCC(C)(C)C(C)S. The molecule has 0 radical (unpaired) electrons. The minimum atomic E-state index is 0.333. The zero-order valence-electron chi connectivity index (χ0n) is 10.6. The van der Waals surface area contributed by atoms with Gasteiger partial charge in [0.25, 0.3) is 0 Å². The molecule has 14 heavy (non-hydrogen) atoms. The summed E-state index contributed by atoms with van der Waals surface area (Å²) in [5.74, 6) is 1.20. The van der Waals surface area contributed by atoms with Gasteiger partial charge in [-0.25, -0.2) is 0 Å². The Kier molecular flexibility index (Phi) is 5.98. The predicted molar refractivity (Wildman–Crippen MR) is 73.7 cm³/mol. The van der Waals surface area contributed by atoms with Crippen molar-refractivity contribution in [3.8, 4) is 0 Å². The molecule has 0 spiro atoms. The molecule has 0 saturated heterocycles. The third-order valence-electron chi connectivity index (χ3n) is 3.42. The van der Waals surface area contributed by atoms with E-state index in [1.165, 1.54) is 18.6 Å². The fourth-order valence-electron chi connectivity index (χ4n) is 0.935. The van der Waals surface area contributed by atoms with E-state index in [0.29, 0.717) is 15.4 Å². The summed E-state index contributed by atoms with van der Waals surface area (Å²) in [7, 11) is 0. The Bertz CT molecular complexity index is 153. The van der Waals surface area contributed by atoms with Crippen molar-refractivity contribution >= 4 is 24.4 Å². The zero-order valence-corrected chi connectivity index (χ0v) is 12.3. The molecule has 86 valence electrons. The average molecular weight is 234 g/mol. The van der Waals surface area contributed by atoms with E-state index in [-0.39, 0.29) is 0 Å². The first kappa shape index (κ1) is 14.7. The summed E-state index contributed by atoms with van der Waals surface area (Å²) in [5, 5.41) is 0.466. The minimum absolute atomic E-state index is 0.333. The van der Waals surface area contributed by atoms with Gasteiger partial charge in [0, 0.05) is 10.00 Å². The number of rotatable bonds is 6. The van der Waals surface area contributed by atoms with Crippen molar-refractivity contribution in [1.29, 1.82) is 0 Å². The van der Waals surface area contributed by atoms with Crippen molar-refractivity contribution in [2.75, 3.05) is 5.75 Å². The fraction of sp³-hybridized carbons (Fsp3) is 1.00. The summed E-state index contributed by atoms with van der Waals surface area (Å²) in [6.07, 6.45) is 2.51. The monoisotopic (exact) mass is 234 g/mol. The Labute approximate surface area is 100 Å². The van der Waals surface area contributed by atoms with Crippen LogP contribution in [0.1, 0.15) is 54.4 Å². The minimum Gasteiger partial charge on any atom is -0.176 e. The van der Waals surface area contributed by atoms with Crippen molar-refractivity contribution < 1.29 is 0 Å². The van der Waals surface area contributed by atoms with Crippen LogP contribution in [-0.2, 0) is 0 Å². The van der Waals surface area contributed by atoms with Crippen molar-refractivity contribution in [3.63, 3.8) is 0 Å². The maximum absolute atomic E-state index is 4.55. The average Bonchev–Trinajstić information content (AvgIpc) is 2.14. The standard InChI is InChI=1S/C12H26S2/c1-7-12(6,8-2)14-9-11(4,5)10(3)13/h10,13H,7-9H2,1-6H3. The van der Waals surface area contributed by atoms with Crippen molar-refractivity contribution in [2.45, 2.75) is 64.4 Å². The van der Waals surface area contributed by atoms with Gasteiger partial charge in [-0.1, -0.05) is 41.5 Å². The second kappa shape index (κ2) is 5.69. The summed E-state index contributed by atoms with van der Waals surface area (Å²) >= 11 is 6.66. The maximum Gasteiger partial charge on any atom is 0.0126 e. The Morgan fingerprint density at radius 3 is 1.86 bits per heavy atom. The molecule has 1 atom stereocenters. The van der Waals surface area contributed by atoms with Crippen LogP contribution in [0, 0.1) is 5.41 Å². The molecular weight excluding hydrogens is 208 g/mol. The summed E-state index contributed by atoms with van der Waals surface area (Å²) in [6, 6.07) is 0. The van der Waals surface area contributed by atoms with Crippen LogP contribution in [0.3, 0.4) is 0 Å². The number of thioether (sulfide) groups is 1. The lowest BCUT2D eigenvalue weighted by atomic mass is 9.92. The molecule has 0 aliphatic rings. The van der Waals surface area contributed by atoms with Crippen LogP contribution in [0.4, 0.5) is 0 Å². The number of thiol groups is 1. The first-order valence-corrected chi connectivity index (χ1v) is 7.09. The first-order chi connectivity index (χ1) is 6.27. The van der Waals surface area contributed by atoms with E-state index in [1.54, 1.807) is 0 Å². The molecule has 0 nitrogen and oxygen atoms in total. The normalized spacial score (nSPS) is 15.6. The van der Waals surface area contributed by atoms with Gasteiger partial charge in [0.15, 0.2) is 0 Å². The Morgan fingerprint density at radius 2 is 1.57 bits per heavy atom. The molecule has 0 aliphatic heterocycles. The van der Waals surface area contributed by atoms with E-state index < -0.39 is 0 Å². The Balaban J connectivity index is 4.16. The van der Waals surface area contributed by atoms with E-state index in [0.717, 1.165) is 0 Å². The first-order valence-electron chi connectivity index (χ1n) is 5.59. The molecule has 0 aromatic carbocycles. The third-order valence-corrected chi connectivity index (χ3v) is 6.28. The van der Waals surface area contributed by atoms with Crippen LogP contribution >= 0.6 is 24.4 Å².